The van der Waals surface area contributed by atoms with Gasteiger partial charge in [-0.1, -0.05) is 19.8 Å². The van der Waals surface area contributed by atoms with Gasteiger partial charge in [-0.3, -0.25) is 10.1 Å². The van der Waals surface area contributed by atoms with Gasteiger partial charge in [-0.05, 0) is 19.3 Å². The Morgan fingerprint density at radius 2 is 2.26 bits per heavy atom. The molecule has 0 radical (unpaired) electrons. The molecule has 1 aromatic heterocycles. The molecule has 0 spiro atoms. The maximum absolute atomic E-state index is 5.53. The number of aromatic nitrogens is 2. The van der Waals surface area contributed by atoms with Gasteiger partial charge in [0.25, 0.3) is 0 Å². The normalized spacial score (nSPS) is 16.9. The van der Waals surface area contributed by atoms with Gasteiger partial charge in [0, 0.05) is 24.8 Å². The number of hydrazine groups is 1. The second-order valence-corrected chi connectivity index (χ2v) is 5.06. The maximum atomic E-state index is 5.53. The number of hydrogen-bond acceptors (Lipinski definition) is 3. The zero-order valence-electron chi connectivity index (χ0n) is 11.8. The molecule has 0 saturated heterocycles. The summed E-state index contributed by atoms with van der Waals surface area (Å²) in [7, 11) is 1.94. The lowest BCUT2D eigenvalue weighted by atomic mass is 10.2. The predicted molar refractivity (Wildman–Crippen MR) is 76.4 cm³/mol. The summed E-state index contributed by atoms with van der Waals surface area (Å²) in [6.07, 6.45) is 7.93. The van der Waals surface area contributed by atoms with Crippen LogP contribution in [-0.2, 0) is 20.0 Å². The Balaban J connectivity index is 1.97. The van der Waals surface area contributed by atoms with Gasteiger partial charge in [0.1, 0.15) is 0 Å². The van der Waals surface area contributed by atoms with Gasteiger partial charge in [0.2, 0.25) is 5.96 Å². The number of hydrogen-bond donors (Lipinski definition) is 3. The summed E-state index contributed by atoms with van der Waals surface area (Å²) in [5, 5.41) is 7.78. The smallest absolute Gasteiger partial charge is 0.206 e. The lowest BCUT2D eigenvalue weighted by Gasteiger charge is -2.14. The van der Waals surface area contributed by atoms with E-state index in [9.17, 15) is 0 Å². The molecular formula is C13H24N6. The summed E-state index contributed by atoms with van der Waals surface area (Å²) >= 11 is 0. The van der Waals surface area contributed by atoms with E-state index in [4.69, 9.17) is 5.84 Å². The van der Waals surface area contributed by atoms with E-state index in [-0.39, 0.29) is 0 Å². The Morgan fingerprint density at radius 1 is 1.53 bits per heavy atom. The molecule has 0 aliphatic heterocycles. The van der Waals surface area contributed by atoms with Crippen molar-refractivity contribution in [2.45, 2.75) is 51.6 Å². The van der Waals surface area contributed by atoms with Crippen LogP contribution in [0.1, 0.15) is 43.9 Å². The van der Waals surface area contributed by atoms with Crippen molar-refractivity contribution in [3.05, 3.63) is 17.5 Å². The molecule has 0 amide bonds. The fourth-order valence-corrected chi connectivity index (χ4v) is 2.57. The highest BCUT2D eigenvalue weighted by atomic mass is 15.3. The Hall–Kier alpha value is -1.56. The van der Waals surface area contributed by atoms with Gasteiger partial charge in [-0.2, -0.15) is 5.10 Å². The van der Waals surface area contributed by atoms with E-state index >= 15 is 0 Å². The lowest BCUT2D eigenvalue weighted by Crippen LogP contribution is -2.45. The number of nitrogens with two attached hydrogens (primary N) is 1. The van der Waals surface area contributed by atoms with Crippen LogP contribution in [0.25, 0.3) is 0 Å². The second-order valence-electron chi connectivity index (χ2n) is 5.06. The van der Waals surface area contributed by atoms with Crippen LogP contribution in [-0.4, -0.2) is 21.8 Å². The molecule has 1 fully saturated rings. The van der Waals surface area contributed by atoms with Crippen LogP contribution in [0.4, 0.5) is 0 Å². The maximum Gasteiger partial charge on any atom is 0.206 e. The minimum absolute atomic E-state index is 0.509. The third kappa shape index (κ3) is 3.70. The molecule has 0 aromatic carbocycles. The van der Waals surface area contributed by atoms with E-state index in [2.05, 4.69) is 27.8 Å². The molecule has 6 nitrogen and oxygen atoms in total. The third-order valence-corrected chi connectivity index (χ3v) is 3.57. The monoisotopic (exact) mass is 264 g/mol. The van der Waals surface area contributed by atoms with Crippen LogP contribution in [0.15, 0.2) is 11.2 Å². The van der Waals surface area contributed by atoms with Crippen LogP contribution in [0.3, 0.4) is 0 Å². The Bertz CT molecular complexity index is 430. The zero-order chi connectivity index (χ0) is 13.7. The molecule has 4 N–H and O–H groups in total. The van der Waals surface area contributed by atoms with Crippen molar-refractivity contribution in [2.24, 2.45) is 17.9 Å². The van der Waals surface area contributed by atoms with Crippen LogP contribution in [0.5, 0.6) is 0 Å². The first-order valence-corrected chi connectivity index (χ1v) is 7.02. The highest BCUT2D eigenvalue weighted by Gasteiger charge is 2.15. The summed E-state index contributed by atoms with van der Waals surface area (Å²) in [5.41, 5.74) is 4.91. The SMILES string of the molecule is CCc1nn(C)cc1CN=C(NN)NC1CCCC1. The van der Waals surface area contributed by atoms with Crippen LogP contribution < -0.4 is 16.6 Å². The molecule has 19 heavy (non-hydrogen) atoms. The molecule has 1 heterocycles. The van der Waals surface area contributed by atoms with E-state index < -0.39 is 0 Å². The molecular weight excluding hydrogens is 240 g/mol. The molecule has 1 aliphatic rings. The molecule has 2 rings (SSSR count). The minimum atomic E-state index is 0.509. The average molecular weight is 264 g/mol. The van der Waals surface area contributed by atoms with E-state index in [0.717, 1.165) is 17.7 Å². The third-order valence-electron chi connectivity index (χ3n) is 3.57. The van der Waals surface area contributed by atoms with Gasteiger partial charge >= 0.3 is 0 Å². The molecule has 0 bridgehead atoms. The molecule has 0 unspecified atom stereocenters. The first-order valence-electron chi connectivity index (χ1n) is 7.02. The number of guanidine groups is 1. The summed E-state index contributed by atoms with van der Waals surface area (Å²) < 4.78 is 1.84. The van der Waals surface area contributed by atoms with Crippen molar-refractivity contribution in [3.63, 3.8) is 0 Å². The average Bonchev–Trinajstić information content (AvgIpc) is 3.03. The molecule has 106 valence electrons. The van der Waals surface area contributed by atoms with Gasteiger partial charge in [0.05, 0.1) is 12.2 Å². The van der Waals surface area contributed by atoms with Gasteiger partial charge in [-0.15, -0.1) is 0 Å². The van der Waals surface area contributed by atoms with E-state index in [0.29, 0.717) is 18.5 Å². The molecule has 0 atom stereocenters. The van der Waals surface area contributed by atoms with E-state index in [1.54, 1.807) is 0 Å². The topological polar surface area (TPSA) is 80.3 Å². The van der Waals surface area contributed by atoms with Crippen molar-refractivity contribution >= 4 is 5.96 Å². The molecule has 1 aliphatic carbocycles. The van der Waals surface area contributed by atoms with Crippen molar-refractivity contribution < 1.29 is 0 Å². The minimum Gasteiger partial charge on any atom is -0.353 e. The fraction of sp³-hybridized carbons (Fsp3) is 0.692. The fourth-order valence-electron chi connectivity index (χ4n) is 2.57. The Labute approximate surface area is 114 Å². The molecule has 6 heteroatoms. The Kier molecular flexibility index (Phi) is 4.79. The van der Waals surface area contributed by atoms with Crippen LogP contribution in [0, 0.1) is 0 Å². The first kappa shape index (κ1) is 13.9. The lowest BCUT2D eigenvalue weighted by molar-refractivity contribution is 0.614. The van der Waals surface area contributed by atoms with Crippen molar-refractivity contribution in [3.8, 4) is 0 Å². The van der Waals surface area contributed by atoms with Gasteiger partial charge < -0.3 is 5.32 Å². The molecule has 1 saturated carbocycles. The van der Waals surface area contributed by atoms with Crippen molar-refractivity contribution in [1.29, 1.82) is 0 Å². The highest BCUT2D eigenvalue weighted by molar-refractivity contribution is 5.79. The van der Waals surface area contributed by atoms with Crippen LogP contribution in [0.2, 0.25) is 0 Å². The number of aliphatic imine (C=N–C) groups is 1. The number of nitrogens with zero attached hydrogens (tertiary/aromatic N) is 3. The number of nitrogens with one attached hydrogen (secondary N) is 2. The van der Waals surface area contributed by atoms with Gasteiger partial charge in [0.15, 0.2) is 0 Å². The van der Waals surface area contributed by atoms with Crippen LogP contribution >= 0.6 is 0 Å². The number of aryl methyl sites for hydroxylation is 2. The van der Waals surface area contributed by atoms with E-state index in [1.165, 1.54) is 25.7 Å². The number of rotatable bonds is 4. The van der Waals surface area contributed by atoms with Crippen molar-refractivity contribution in [2.75, 3.05) is 0 Å². The largest absolute Gasteiger partial charge is 0.353 e. The summed E-state index contributed by atoms with van der Waals surface area (Å²) in [5.74, 6) is 6.21. The predicted octanol–water partition coefficient (Wildman–Crippen LogP) is 0.834. The van der Waals surface area contributed by atoms with Gasteiger partial charge in [-0.25, -0.2) is 10.8 Å². The van der Waals surface area contributed by atoms with Crippen molar-refractivity contribution in [1.82, 2.24) is 20.5 Å². The summed E-state index contributed by atoms with van der Waals surface area (Å²) in [6, 6.07) is 0.509. The van der Waals surface area contributed by atoms with E-state index in [1.807, 2.05) is 17.9 Å². The highest BCUT2D eigenvalue weighted by Crippen LogP contribution is 2.17. The molecule has 1 aromatic rings. The summed E-state index contributed by atoms with van der Waals surface area (Å²) in [4.78, 5) is 4.51. The Morgan fingerprint density at radius 3 is 2.89 bits per heavy atom. The quantitative estimate of drug-likeness (QED) is 0.326. The second kappa shape index (κ2) is 6.56. The zero-order valence-corrected chi connectivity index (χ0v) is 11.8. The first-order chi connectivity index (χ1) is 9.22. The standard InChI is InChI=1S/C13H24N6/c1-3-12-10(9-19(2)18-12)8-15-13(17-14)16-11-6-4-5-7-11/h9,11H,3-8,14H2,1-2H3,(H2,15,16,17). The summed E-state index contributed by atoms with van der Waals surface area (Å²) in [6.45, 7) is 2.71.